The third-order valence-corrected chi connectivity index (χ3v) is 14.0. The first-order chi connectivity index (χ1) is 34.7. The molecule has 0 fully saturated rings. The zero-order valence-electron chi connectivity index (χ0n) is 38.5. The van der Waals surface area contributed by atoms with E-state index in [-0.39, 0.29) is 0 Å². The van der Waals surface area contributed by atoms with Crippen LogP contribution >= 0.6 is 0 Å². The van der Waals surface area contributed by atoms with E-state index in [1.54, 1.807) is 0 Å². The van der Waals surface area contributed by atoms with Crippen molar-refractivity contribution in [2.45, 2.75) is 0 Å². The van der Waals surface area contributed by atoms with E-state index in [1.807, 2.05) is 0 Å². The summed E-state index contributed by atoms with van der Waals surface area (Å²) in [6, 6.07) is 102. The molecule has 0 aliphatic carbocycles. The highest BCUT2D eigenvalue weighted by Gasteiger charge is 2.18. The highest BCUT2D eigenvalue weighted by atomic mass is 15.1. The second-order valence-corrected chi connectivity index (χ2v) is 18.1. The van der Waals surface area contributed by atoms with Crippen molar-refractivity contribution >= 4 is 60.4 Å². The van der Waals surface area contributed by atoms with Crippen LogP contribution in [0, 0.1) is 0 Å². The lowest BCUT2D eigenvalue weighted by atomic mass is 9.95. The highest BCUT2D eigenvalue weighted by molar-refractivity contribution is 6.16. The molecular weight excluding hydrogens is 845 g/mol. The second kappa shape index (κ2) is 17.4. The van der Waals surface area contributed by atoms with Crippen LogP contribution < -0.4 is 4.90 Å². The highest BCUT2D eigenvalue weighted by Crippen LogP contribution is 2.42. The first kappa shape index (κ1) is 41.0. The van der Waals surface area contributed by atoms with Crippen LogP contribution in [0.15, 0.2) is 279 Å². The summed E-state index contributed by atoms with van der Waals surface area (Å²) in [4.78, 5) is 2.38. The summed E-state index contributed by atoms with van der Waals surface area (Å²) in [6.45, 7) is 0. The molecule has 12 aromatic carbocycles. The number of rotatable bonds is 9. The molecule has 0 atom stereocenters. The topological polar surface area (TPSA) is 8.17 Å². The summed E-state index contributed by atoms with van der Waals surface area (Å²) in [5.74, 6) is 0. The van der Waals surface area contributed by atoms with Crippen LogP contribution in [0.5, 0.6) is 0 Å². The standard InChI is InChI=1S/C68H46N2/c1-2-22-56(23-3-1)70-66-31-9-8-27-65(66)68-64(30-14-32-67(68)70)55-21-10-19-53(45-55)54-20-11-24-59(46-54)69(58-43-39-52(40-44-58)63-29-13-18-50-16-5-7-26-61(50)63)57-41-37-48(38-42-57)47-33-35-51(36-34-47)62-28-12-17-49-15-4-6-25-60(49)62/h1-46H. The molecule has 0 aliphatic rings. The number of para-hydroxylation sites is 2. The minimum absolute atomic E-state index is 1.08. The Morgan fingerprint density at radius 1 is 0.243 bits per heavy atom. The molecule has 13 rings (SSSR count). The van der Waals surface area contributed by atoms with E-state index in [0.717, 1.165) is 33.9 Å². The largest absolute Gasteiger partial charge is 0.310 e. The summed E-state index contributed by atoms with van der Waals surface area (Å²) in [6.07, 6.45) is 0. The molecule has 0 amide bonds. The van der Waals surface area contributed by atoms with Crippen LogP contribution in [0.2, 0.25) is 0 Å². The maximum atomic E-state index is 2.39. The Balaban J connectivity index is 0.882. The van der Waals surface area contributed by atoms with E-state index in [1.165, 1.54) is 87.9 Å². The molecule has 1 heterocycles. The van der Waals surface area contributed by atoms with Crippen molar-refractivity contribution in [3.05, 3.63) is 279 Å². The lowest BCUT2D eigenvalue weighted by Gasteiger charge is -2.26. The Morgan fingerprint density at radius 3 is 1.34 bits per heavy atom. The van der Waals surface area contributed by atoms with Gasteiger partial charge in [-0.05, 0) is 144 Å². The Hall–Kier alpha value is -9.24. The van der Waals surface area contributed by atoms with Crippen molar-refractivity contribution in [3.63, 3.8) is 0 Å². The SMILES string of the molecule is c1ccc(-n2c3ccccc3c3c(-c4cccc(-c5cccc(N(c6ccc(-c7ccc(-c8cccc9ccccc89)cc7)cc6)c6ccc(-c7cccc8ccccc78)cc6)c5)c4)cccc32)cc1. The third-order valence-electron chi connectivity index (χ3n) is 14.0. The fourth-order valence-electron chi connectivity index (χ4n) is 10.6. The molecule has 0 spiro atoms. The van der Waals surface area contributed by atoms with Gasteiger partial charge in [-0.2, -0.15) is 0 Å². The minimum Gasteiger partial charge on any atom is -0.310 e. The molecule has 0 saturated heterocycles. The first-order valence-corrected chi connectivity index (χ1v) is 24.1. The van der Waals surface area contributed by atoms with E-state index in [4.69, 9.17) is 0 Å². The van der Waals surface area contributed by atoms with E-state index in [0.29, 0.717) is 0 Å². The maximum Gasteiger partial charge on any atom is 0.0547 e. The van der Waals surface area contributed by atoms with Crippen molar-refractivity contribution in [1.82, 2.24) is 4.57 Å². The van der Waals surface area contributed by atoms with Gasteiger partial charge in [0.15, 0.2) is 0 Å². The Kier molecular flexibility index (Phi) is 10.2. The van der Waals surface area contributed by atoms with E-state index < -0.39 is 0 Å². The summed E-state index contributed by atoms with van der Waals surface area (Å²) < 4.78 is 2.39. The van der Waals surface area contributed by atoms with Gasteiger partial charge in [-0.1, -0.05) is 212 Å². The molecule has 13 aromatic rings. The van der Waals surface area contributed by atoms with Gasteiger partial charge in [-0.25, -0.2) is 0 Å². The number of fused-ring (bicyclic) bond motifs is 5. The normalized spacial score (nSPS) is 11.4. The van der Waals surface area contributed by atoms with Crippen LogP contribution in [0.3, 0.4) is 0 Å². The van der Waals surface area contributed by atoms with Gasteiger partial charge in [0, 0.05) is 33.5 Å². The minimum atomic E-state index is 1.08. The lowest BCUT2D eigenvalue weighted by molar-refractivity contribution is 1.18. The van der Waals surface area contributed by atoms with Gasteiger partial charge in [-0.15, -0.1) is 0 Å². The summed E-state index contributed by atoms with van der Waals surface area (Å²) in [5.41, 5.74) is 18.8. The molecule has 0 bridgehead atoms. The zero-order chi connectivity index (χ0) is 46.4. The van der Waals surface area contributed by atoms with Gasteiger partial charge >= 0.3 is 0 Å². The molecule has 0 aliphatic heterocycles. The fraction of sp³-hybridized carbons (Fsp3) is 0. The van der Waals surface area contributed by atoms with Crippen LogP contribution in [-0.4, -0.2) is 4.57 Å². The lowest BCUT2D eigenvalue weighted by Crippen LogP contribution is -2.10. The van der Waals surface area contributed by atoms with Crippen LogP contribution in [0.1, 0.15) is 0 Å². The average molecular weight is 891 g/mol. The molecular formula is C68H46N2. The fourth-order valence-corrected chi connectivity index (χ4v) is 10.6. The molecule has 0 saturated carbocycles. The van der Waals surface area contributed by atoms with E-state index >= 15 is 0 Å². The van der Waals surface area contributed by atoms with Crippen LogP contribution in [0.25, 0.3) is 105 Å². The zero-order valence-corrected chi connectivity index (χ0v) is 38.5. The predicted molar refractivity (Wildman–Crippen MR) is 298 cm³/mol. The number of hydrogen-bond acceptors (Lipinski definition) is 1. The summed E-state index contributed by atoms with van der Waals surface area (Å²) in [7, 11) is 0. The number of nitrogens with zero attached hydrogens (tertiary/aromatic N) is 2. The van der Waals surface area contributed by atoms with Gasteiger partial charge in [-0.3, -0.25) is 0 Å². The van der Waals surface area contributed by atoms with Gasteiger partial charge in [0.05, 0.1) is 11.0 Å². The second-order valence-electron chi connectivity index (χ2n) is 18.1. The van der Waals surface area contributed by atoms with Crippen molar-refractivity contribution in [1.29, 1.82) is 0 Å². The number of benzene rings is 12. The Labute approximate surface area is 408 Å². The molecule has 328 valence electrons. The van der Waals surface area contributed by atoms with Crippen LogP contribution in [-0.2, 0) is 0 Å². The first-order valence-electron chi connectivity index (χ1n) is 24.1. The van der Waals surface area contributed by atoms with E-state index in [2.05, 4.69) is 289 Å². The predicted octanol–water partition coefficient (Wildman–Crippen LogP) is 18.9. The summed E-state index contributed by atoms with van der Waals surface area (Å²) in [5, 5.41) is 7.52. The van der Waals surface area contributed by atoms with Crippen molar-refractivity contribution in [2.24, 2.45) is 0 Å². The monoisotopic (exact) mass is 890 g/mol. The molecule has 2 heteroatoms. The van der Waals surface area contributed by atoms with Crippen molar-refractivity contribution in [2.75, 3.05) is 4.90 Å². The molecule has 1 aromatic heterocycles. The Morgan fingerprint density at radius 2 is 0.686 bits per heavy atom. The Bertz CT molecular complexity index is 4020. The van der Waals surface area contributed by atoms with Gasteiger partial charge in [0.2, 0.25) is 0 Å². The van der Waals surface area contributed by atoms with E-state index in [9.17, 15) is 0 Å². The quantitative estimate of drug-likeness (QED) is 0.140. The third kappa shape index (κ3) is 7.31. The van der Waals surface area contributed by atoms with Crippen molar-refractivity contribution in [3.8, 4) is 61.3 Å². The summed E-state index contributed by atoms with van der Waals surface area (Å²) >= 11 is 0. The number of anilines is 3. The van der Waals surface area contributed by atoms with Gasteiger partial charge in [0.1, 0.15) is 0 Å². The maximum absolute atomic E-state index is 2.39. The smallest absolute Gasteiger partial charge is 0.0547 e. The molecule has 0 unspecified atom stereocenters. The van der Waals surface area contributed by atoms with Gasteiger partial charge < -0.3 is 9.47 Å². The van der Waals surface area contributed by atoms with Crippen molar-refractivity contribution < 1.29 is 0 Å². The number of hydrogen-bond donors (Lipinski definition) is 0. The van der Waals surface area contributed by atoms with Crippen LogP contribution in [0.4, 0.5) is 17.1 Å². The number of aromatic nitrogens is 1. The van der Waals surface area contributed by atoms with Gasteiger partial charge in [0.25, 0.3) is 0 Å². The molecule has 2 nitrogen and oxygen atoms in total. The molecule has 70 heavy (non-hydrogen) atoms. The molecule has 0 radical (unpaired) electrons. The average Bonchev–Trinajstić information content (AvgIpc) is 3.78. The molecule has 0 N–H and O–H groups in total.